The Kier molecular flexibility index (Phi) is 3.97. The molecule has 0 amide bonds. The molecule has 0 unspecified atom stereocenters. The maximum Gasteiger partial charge on any atom is 0.335 e. The van der Waals surface area contributed by atoms with Crippen molar-refractivity contribution in [1.82, 2.24) is 9.55 Å². The molecule has 0 bridgehead atoms. The fourth-order valence-corrected chi connectivity index (χ4v) is 3.02. The van der Waals surface area contributed by atoms with Crippen LogP contribution in [-0.4, -0.2) is 28.0 Å². The molecule has 0 spiro atoms. The largest absolute Gasteiger partial charge is 0.495 e. The van der Waals surface area contributed by atoms with Crippen molar-refractivity contribution in [2.24, 2.45) is 4.99 Å². The lowest BCUT2D eigenvalue weighted by atomic mass is 10.1. The van der Waals surface area contributed by atoms with Gasteiger partial charge in [-0.15, -0.1) is 0 Å². The molecule has 7 heteroatoms. The monoisotopic (exact) mass is 361 g/mol. The summed E-state index contributed by atoms with van der Waals surface area (Å²) < 4.78 is 6.26. The summed E-state index contributed by atoms with van der Waals surface area (Å²) in [6, 6.07) is 14.2. The summed E-state index contributed by atoms with van der Waals surface area (Å²) in [6.45, 7) is 0. The number of ether oxygens (including phenoxy) is 1. The van der Waals surface area contributed by atoms with Gasteiger partial charge in [-0.25, -0.2) is 9.36 Å². The second-order valence-electron chi connectivity index (χ2n) is 5.88. The lowest BCUT2D eigenvalue weighted by molar-refractivity contribution is 0.401. The SMILES string of the molecule is COc1ccccc1-n1c(O)c(C=C2C=Nc3ccccc32)c(=O)[nH]c1=O. The van der Waals surface area contributed by atoms with E-state index in [-0.39, 0.29) is 5.56 Å². The van der Waals surface area contributed by atoms with Crippen molar-refractivity contribution in [2.45, 2.75) is 0 Å². The molecule has 0 saturated carbocycles. The maximum atomic E-state index is 12.4. The topological polar surface area (TPSA) is 96.7 Å². The molecule has 0 saturated heterocycles. The van der Waals surface area contributed by atoms with Crippen molar-refractivity contribution in [3.05, 3.63) is 80.5 Å². The number of nitrogens with zero attached hydrogens (tertiary/aromatic N) is 2. The van der Waals surface area contributed by atoms with Crippen molar-refractivity contribution in [2.75, 3.05) is 7.11 Å². The first kappa shape index (κ1) is 16.6. The highest BCUT2D eigenvalue weighted by atomic mass is 16.5. The van der Waals surface area contributed by atoms with Gasteiger partial charge in [-0.05, 0) is 24.3 Å². The first-order chi connectivity index (χ1) is 13.1. The van der Waals surface area contributed by atoms with Gasteiger partial charge < -0.3 is 9.84 Å². The molecule has 0 fully saturated rings. The third kappa shape index (κ3) is 2.75. The van der Waals surface area contributed by atoms with Crippen LogP contribution in [0.4, 0.5) is 5.69 Å². The number of aromatic nitrogens is 2. The molecule has 2 heterocycles. The lowest BCUT2D eigenvalue weighted by Crippen LogP contribution is -2.30. The van der Waals surface area contributed by atoms with Crippen molar-refractivity contribution in [3.63, 3.8) is 0 Å². The lowest BCUT2D eigenvalue weighted by Gasteiger charge is -2.13. The molecule has 0 atom stereocenters. The average molecular weight is 361 g/mol. The number of aromatic amines is 1. The Bertz CT molecular complexity index is 1220. The van der Waals surface area contributed by atoms with E-state index in [0.29, 0.717) is 17.0 Å². The van der Waals surface area contributed by atoms with E-state index in [4.69, 9.17) is 4.74 Å². The quantitative estimate of drug-likeness (QED) is 0.749. The first-order valence-corrected chi connectivity index (χ1v) is 8.17. The number of benzene rings is 2. The zero-order valence-electron chi connectivity index (χ0n) is 14.3. The van der Waals surface area contributed by atoms with Crippen LogP contribution in [0, 0.1) is 0 Å². The summed E-state index contributed by atoms with van der Waals surface area (Å²) >= 11 is 0. The average Bonchev–Trinajstić information content (AvgIpc) is 3.08. The van der Waals surface area contributed by atoms with Crippen LogP contribution in [-0.2, 0) is 0 Å². The highest BCUT2D eigenvalue weighted by Crippen LogP contribution is 2.33. The molecular weight excluding hydrogens is 346 g/mol. The Morgan fingerprint density at radius 1 is 1.11 bits per heavy atom. The van der Waals surface area contributed by atoms with Crippen LogP contribution in [0.3, 0.4) is 0 Å². The number of rotatable bonds is 3. The van der Waals surface area contributed by atoms with E-state index < -0.39 is 17.1 Å². The van der Waals surface area contributed by atoms with E-state index in [0.717, 1.165) is 15.8 Å². The molecule has 0 aliphatic carbocycles. The van der Waals surface area contributed by atoms with E-state index >= 15 is 0 Å². The molecule has 0 radical (unpaired) electrons. The number of allylic oxidation sites excluding steroid dienone is 1. The number of fused-ring (bicyclic) bond motifs is 1. The van der Waals surface area contributed by atoms with Gasteiger partial charge in [0.05, 0.1) is 18.5 Å². The van der Waals surface area contributed by atoms with Gasteiger partial charge in [0.1, 0.15) is 11.3 Å². The highest BCUT2D eigenvalue weighted by molar-refractivity contribution is 6.21. The Labute approximate surface area is 153 Å². The standard InChI is InChI=1S/C20H15N3O4/c1-27-17-9-5-4-8-16(17)23-19(25)14(18(24)22-20(23)26)10-12-11-21-15-7-3-2-6-13(12)15/h2-11,25H,1H3,(H,22,24,26). The summed E-state index contributed by atoms with van der Waals surface area (Å²) in [5.74, 6) is -0.0909. The molecule has 2 aromatic carbocycles. The minimum Gasteiger partial charge on any atom is -0.495 e. The van der Waals surface area contributed by atoms with Crippen molar-refractivity contribution in [3.8, 4) is 17.3 Å². The van der Waals surface area contributed by atoms with Crippen molar-refractivity contribution >= 4 is 23.6 Å². The molecular formula is C20H15N3O4. The zero-order valence-corrected chi connectivity index (χ0v) is 14.3. The Morgan fingerprint density at radius 3 is 2.67 bits per heavy atom. The summed E-state index contributed by atoms with van der Waals surface area (Å²) in [5, 5.41) is 10.7. The number of aromatic hydroxyl groups is 1. The third-order valence-corrected chi connectivity index (χ3v) is 4.30. The molecule has 2 N–H and O–H groups in total. The van der Waals surface area contributed by atoms with Crippen molar-refractivity contribution in [1.29, 1.82) is 0 Å². The van der Waals surface area contributed by atoms with Crippen LogP contribution in [0.15, 0.2) is 63.1 Å². The van der Waals surface area contributed by atoms with E-state index in [9.17, 15) is 14.7 Å². The number of aliphatic imine (C=N–C) groups is 1. The maximum absolute atomic E-state index is 12.4. The van der Waals surface area contributed by atoms with E-state index in [1.54, 1.807) is 30.5 Å². The summed E-state index contributed by atoms with van der Waals surface area (Å²) in [6.07, 6.45) is 3.12. The minimum atomic E-state index is -0.760. The molecule has 27 heavy (non-hydrogen) atoms. The van der Waals surface area contributed by atoms with E-state index in [1.807, 2.05) is 24.3 Å². The fourth-order valence-electron chi connectivity index (χ4n) is 3.02. The van der Waals surface area contributed by atoms with E-state index in [1.165, 1.54) is 13.2 Å². The second-order valence-corrected chi connectivity index (χ2v) is 5.88. The van der Waals surface area contributed by atoms with Crippen LogP contribution in [0.2, 0.25) is 0 Å². The molecule has 4 rings (SSSR count). The predicted octanol–water partition coefficient (Wildman–Crippen LogP) is 2.50. The minimum absolute atomic E-state index is 0.0429. The van der Waals surface area contributed by atoms with Crippen LogP contribution < -0.4 is 16.0 Å². The number of hydrogen-bond acceptors (Lipinski definition) is 5. The van der Waals surface area contributed by atoms with E-state index in [2.05, 4.69) is 9.98 Å². The normalized spacial score (nSPS) is 13.7. The Hall–Kier alpha value is -3.87. The molecule has 3 aromatic rings. The van der Waals surface area contributed by atoms with Crippen LogP contribution >= 0.6 is 0 Å². The summed E-state index contributed by atoms with van der Waals surface area (Å²) in [4.78, 5) is 31.2. The van der Waals surface area contributed by atoms with Gasteiger partial charge in [-0.3, -0.25) is 14.8 Å². The van der Waals surface area contributed by atoms with Crippen molar-refractivity contribution < 1.29 is 9.84 Å². The number of methoxy groups -OCH3 is 1. The molecule has 1 aromatic heterocycles. The molecule has 1 aliphatic rings. The number of H-pyrrole nitrogens is 1. The zero-order chi connectivity index (χ0) is 19.0. The molecule has 134 valence electrons. The van der Waals surface area contributed by atoms with Gasteiger partial charge in [0.2, 0.25) is 5.88 Å². The Morgan fingerprint density at radius 2 is 1.85 bits per heavy atom. The smallest absolute Gasteiger partial charge is 0.335 e. The first-order valence-electron chi connectivity index (χ1n) is 8.17. The van der Waals surface area contributed by atoms with Crippen LogP contribution in [0.5, 0.6) is 11.6 Å². The number of para-hydroxylation sites is 3. The highest BCUT2D eigenvalue weighted by Gasteiger charge is 2.19. The van der Waals surface area contributed by atoms with Gasteiger partial charge in [0.15, 0.2) is 0 Å². The van der Waals surface area contributed by atoms with Gasteiger partial charge in [-0.2, -0.15) is 0 Å². The fraction of sp³-hybridized carbons (Fsp3) is 0.0500. The van der Waals surface area contributed by atoms with Gasteiger partial charge in [-0.1, -0.05) is 30.3 Å². The predicted molar refractivity (Wildman–Crippen MR) is 103 cm³/mol. The molecule has 7 nitrogen and oxygen atoms in total. The number of hydrogen-bond donors (Lipinski definition) is 2. The van der Waals surface area contributed by atoms with Crippen LogP contribution in [0.1, 0.15) is 11.1 Å². The summed E-state index contributed by atoms with van der Waals surface area (Å²) in [5.41, 5.74) is 1.11. The number of nitrogens with one attached hydrogen (secondary N) is 1. The molecule has 1 aliphatic heterocycles. The van der Waals surface area contributed by atoms with Gasteiger partial charge in [0.25, 0.3) is 5.56 Å². The summed E-state index contributed by atoms with van der Waals surface area (Å²) in [7, 11) is 1.46. The third-order valence-electron chi connectivity index (χ3n) is 4.30. The van der Waals surface area contributed by atoms with Gasteiger partial charge >= 0.3 is 5.69 Å². The Balaban J connectivity index is 1.95. The van der Waals surface area contributed by atoms with Crippen LogP contribution in [0.25, 0.3) is 17.3 Å². The van der Waals surface area contributed by atoms with Gasteiger partial charge in [0, 0.05) is 17.4 Å². The second kappa shape index (κ2) is 6.45.